The van der Waals surface area contributed by atoms with Gasteiger partial charge in [0.15, 0.2) is 5.82 Å². The monoisotopic (exact) mass is 231 g/mol. The number of nitrogens with one attached hydrogen (secondary N) is 1. The molecule has 2 aromatic rings. The molecular weight excluding hydrogens is 217 g/mol. The molecule has 0 radical (unpaired) electrons. The Hall–Kier alpha value is -1.97. The summed E-state index contributed by atoms with van der Waals surface area (Å²) in [4.78, 5) is 7.89. The first-order valence-corrected chi connectivity index (χ1v) is 5.61. The first kappa shape index (κ1) is 11.5. The van der Waals surface area contributed by atoms with E-state index in [9.17, 15) is 4.39 Å². The molecule has 2 aromatic heterocycles. The summed E-state index contributed by atoms with van der Waals surface area (Å²) in [5.74, 6) is -0.354. The van der Waals surface area contributed by atoms with Gasteiger partial charge in [-0.2, -0.15) is 0 Å². The van der Waals surface area contributed by atoms with Crippen LogP contribution < -0.4 is 5.32 Å². The zero-order chi connectivity index (χ0) is 12.1. The molecule has 3 nitrogen and oxygen atoms in total. The van der Waals surface area contributed by atoms with E-state index < -0.39 is 0 Å². The number of hydrogen-bond donors (Lipinski definition) is 1. The minimum absolute atomic E-state index is 0.354. The number of halogens is 1. The highest BCUT2D eigenvalue weighted by atomic mass is 19.1. The summed E-state index contributed by atoms with van der Waals surface area (Å²) in [6, 6.07) is 5.34. The molecule has 2 heterocycles. The summed E-state index contributed by atoms with van der Waals surface area (Å²) in [5, 5.41) is 3.25. The fourth-order valence-corrected chi connectivity index (χ4v) is 1.54. The molecule has 4 heteroatoms. The van der Waals surface area contributed by atoms with Crippen molar-refractivity contribution in [3.8, 4) is 11.3 Å². The average Bonchev–Trinajstić information content (AvgIpc) is 2.37. The van der Waals surface area contributed by atoms with E-state index in [0.717, 1.165) is 18.7 Å². The average molecular weight is 231 g/mol. The zero-order valence-electron chi connectivity index (χ0n) is 9.65. The van der Waals surface area contributed by atoms with Crippen LogP contribution in [0.1, 0.15) is 13.3 Å². The highest BCUT2D eigenvalue weighted by Gasteiger charge is 2.06. The Morgan fingerprint density at radius 2 is 2.18 bits per heavy atom. The largest absolute Gasteiger partial charge is 0.385 e. The lowest BCUT2D eigenvalue weighted by atomic mass is 10.1. The molecule has 0 saturated carbocycles. The molecule has 0 fully saturated rings. The van der Waals surface area contributed by atoms with Crippen molar-refractivity contribution in [2.45, 2.75) is 13.3 Å². The van der Waals surface area contributed by atoms with Crippen LogP contribution in [0.4, 0.5) is 10.1 Å². The molecule has 88 valence electrons. The minimum Gasteiger partial charge on any atom is -0.385 e. The van der Waals surface area contributed by atoms with Crippen LogP contribution in [0.2, 0.25) is 0 Å². The van der Waals surface area contributed by atoms with Crippen LogP contribution in [0.3, 0.4) is 0 Å². The maximum atomic E-state index is 13.5. The Labute approximate surface area is 99.7 Å². The van der Waals surface area contributed by atoms with Gasteiger partial charge in [-0.15, -0.1) is 0 Å². The summed E-state index contributed by atoms with van der Waals surface area (Å²) in [6.45, 7) is 2.99. The van der Waals surface area contributed by atoms with Gasteiger partial charge in [-0.1, -0.05) is 6.92 Å². The van der Waals surface area contributed by atoms with Crippen molar-refractivity contribution in [1.29, 1.82) is 0 Å². The molecule has 17 heavy (non-hydrogen) atoms. The normalized spacial score (nSPS) is 10.2. The van der Waals surface area contributed by atoms with Gasteiger partial charge in [-0.25, -0.2) is 4.39 Å². The highest BCUT2D eigenvalue weighted by molar-refractivity contribution is 5.63. The van der Waals surface area contributed by atoms with Gasteiger partial charge in [-0.05, 0) is 24.6 Å². The number of hydrogen-bond acceptors (Lipinski definition) is 3. The zero-order valence-corrected chi connectivity index (χ0v) is 9.65. The second-order valence-corrected chi connectivity index (χ2v) is 3.71. The molecule has 0 unspecified atom stereocenters. The Balaban J connectivity index is 2.30. The number of rotatable bonds is 4. The Morgan fingerprint density at radius 3 is 2.94 bits per heavy atom. The third-order valence-electron chi connectivity index (χ3n) is 2.39. The third-order valence-corrected chi connectivity index (χ3v) is 2.39. The van der Waals surface area contributed by atoms with Crippen LogP contribution in [0.15, 0.2) is 36.8 Å². The summed E-state index contributed by atoms with van der Waals surface area (Å²) in [7, 11) is 0. The predicted molar refractivity (Wildman–Crippen MR) is 66.2 cm³/mol. The van der Waals surface area contributed by atoms with Gasteiger partial charge in [-0.3, -0.25) is 9.97 Å². The number of pyridine rings is 2. The molecule has 0 spiro atoms. The van der Waals surface area contributed by atoms with Crippen molar-refractivity contribution in [2.75, 3.05) is 11.9 Å². The van der Waals surface area contributed by atoms with E-state index in [1.807, 2.05) is 12.1 Å². The first-order chi connectivity index (χ1) is 8.31. The number of anilines is 1. The maximum absolute atomic E-state index is 13.5. The van der Waals surface area contributed by atoms with Crippen molar-refractivity contribution in [3.63, 3.8) is 0 Å². The van der Waals surface area contributed by atoms with E-state index in [1.165, 1.54) is 6.20 Å². The van der Waals surface area contributed by atoms with E-state index in [4.69, 9.17) is 0 Å². The fourth-order valence-electron chi connectivity index (χ4n) is 1.54. The molecule has 0 saturated heterocycles. The van der Waals surface area contributed by atoms with Gasteiger partial charge in [0.05, 0.1) is 11.9 Å². The van der Waals surface area contributed by atoms with Crippen LogP contribution in [0.5, 0.6) is 0 Å². The van der Waals surface area contributed by atoms with Crippen molar-refractivity contribution in [3.05, 3.63) is 42.6 Å². The lowest BCUT2D eigenvalue weighted by Crippen LogP contribution is -2.00. The fraction of sp³-hybridized carbons (Fsp3) is 0.231. The van der Waals surface area contributed by atoms with Gasteiger partial charge in [0.2, 0.25) is 0 Å². The van der Waals surface area contributed by atoms with Gasteiger partial charge in [0, 0.05) is 30.2 Å². The topological polar surface area (TPSA) is 37.8 Å². The molecule has 1 N–H and O–H groups in total. The van der Waals surface area contributed by atoms with Gasteiger partial charge >= 0.3 is 0 Å². The molecule has 0 aromatic carbocycles. The molecule has 0 aliphatic rings. The number of nitrogens with zero attached hydrogens (tertiary/aromatic N) is 2. The molecule has 0 aliphatic heterocycles. The summed E-state index contributed by atoms with van der Waals surface area (Å²) >= 11 is 0. The van der Waals surface area contributed by atoms with Crippen molar-refractivity contribution >= 4 is 5.69 Å². The maximum Gasteiger partial charge on any atom is 0.150 e. The summed E-state index contributed by atoms with van der Waals surface area (Å²) in [5.41, 5.74) is 2.04. The van der Waals surface area contributed by atoms with Crippen molar-refractivity contribution in [2.24, 2.45) is 0 Å². The van der Waals surface area contributed by atoms with E-state index in [-0.39, 0.29) is 5.82 Å². The van der Waals surface area contributed by atoms with Gasteiger partial charge in [0.1, 0.15) is 0 Å². The Bertz CT molecular complexity index is 500. The van der Waals surface area contributed by atoms with Crippen molar-refractivity contribution in [1.82, 2.24) is 9.97 Å². The summed E-state index contributed by atoms with van der Waals surface area (Å²) in [6.07, 6.45) is 5.48. The second-order valence-electron chi connectivity index (χ2n) is 3.71. The molecule has 2 rings (SSSR count). The lowest BCUT2D eigenvalue weighted by molar-refractivity contribution is 0.624. The quantitative estimate of drug-likeness (QED) is 0.878. The van der Waals surface area contributed by atoms with E-state index in [0.29, 0.717) is 11.3 Å². The molecule has 0 atom stereocenters. The minimum atomic E-state index is -0.354. The van der Waals surface area contributed by atoms with Crippen LogP contribution in [0.25, 0.3) is 11.3 Å². The standard InChI is InChI=1S/C13H14FN3/c1-2-5-16-10-3-7-17-13(8-10)11-4-6-15-9-12(11)14/h3-4,6-9H,2,5H2,1H3,(H,16,17). The molecular formula is C13H14FN3. The molecule has 0 bridgehead atoms. The SMILES string of the molecule is CCCNc1ccnc(-c2ccncc2F)c1. The first-order valence-electron chi connectivity index (χ1n) is 5.61. The van der Waals surface area contributed by atoms with Crippen molar-refractivity contribution < 1.29 is 4.39 Å². The van der Waals surface area contributed by atoms with Gasteiger partial charge < -0.3 is 5.32 Å². The second kappa shape index (κ2) is 5.39. The van der Waals surface area contributed by atoms with Crippen LogP contribution in [-0.4, -0.2) is 16.5 Å². The van der Waals surface area contributed by atoms with Gasteiger partial charge in [0.25, 0.3) is 0 Å². The third kappa shape index (κ3) is 2.78. The smallest absolute Gasteiger partial charge is 0.150 e. The summed E-state index contributed by atoms with van der Waals surface area (Å²) < 4.78 is 13.5. The highest BCUT2D eigenvalue weighted by Crippen LogP contribution is 2.21. The Morgan fingerprint density at radius 1 is 1.29 bits per heavy atom. The predicted octanol–water partition coefficient (Wildman–Crippen LogP) is 3.10. The molecule has 0 amide bonds. The van der Waals surface area contributed by atoms with E-state index >= 15 is 0 Å². The number of aromatic nitrogens is 2. The molecule has 0 aliphatic carbocycles. The Kier molecular flexibility index (Phi) is 3.65. The lowest BCUT2D eigenvalue weighted by Gasteiger charge is -2.07. The van der Waals surface area contributed by atoms with Crippen LogP contribution in [0, 0.1) is 5.82 Å². The van der Waals surface area contributed by atoms with E-state index in [1.54, 1.807) is 18.5 Å². The van der Waals surface area contributed by atoms with Crippen LogP contribution >= 0.6 is 0 Å². The van der Waals surface area contributed by atoms with E-state index in [2.05, 4.69) is 22.2 Å². The van der Waals surface area contributed by atoms with Crippen LogP contribution in [-0.2, 0) is 0 Å².